The van der Waals surface area contributed by atoms with Crippen LogP contribution in [-0.2, 0) is 6.61 Å². The average Bonchev–Trinajstić information content (AvgIpc) is 3.18. The quantitative estimate of drug-likeness (QED) is 0.570. The zero-order valence-electron chi connectivity index (χ0n) is 14.6. The van der Waals surface area contributed by atoms with Gasteiger partial charge < -0.3 is 9.47 Å². The van der Waals surface area contributed by atoms with Crippen molar-refractivity contribution in [2.45, 2.75) is 20.5 Å². The molecule has 3 aromatic rings. The van der Waals surface area contributed by atoms with Gasteiger partial charge in [0.25, 0.3) is 0 Å². The third-order valence-corrected chi connectivity index (χ3v) is 5.43. The Kier molecular flexibility index (Phi) is 4.35. The van der Waals surface area contributed by atoms with E-state index in [9.17, 15) is 4.79 Å². The zero-order valence-corrected chi connectivity index (χ0v) is 15.4. The van der Waals surface area contributed by atoms with E-state index < -0.39 is 0 Å². The van der Waals surface area contributed by atoms with Gasteiger partial charge in [-0.25, -0.2) is 0 Å². The summed E-state index contributed by atoms with van der Waals surface area (Å²) in [5.74, 6) is 1.52. The number of benzene rings is 2. The van der Waals surface area contributed by atoms with E-state index in [1.807, 2.05) is 48.7 Å². The largest absolute Gasteiger partial charge is 0.489 e. The molecule has 2 aromatic carbocycles. The van der Waals surface area contributed by atoms with Crippen LogP contribution in [0, 0.1) is 13.8 Å². The zero-order chi connectivity index (χ0) is 18.1. The van der Waals surface area contributed by atoms with Crippen molar-refractivity contribution in [1.29, 1.82) is 0 Å². The van der Waals surface area contributed by atoms with Crippen molar-refractivity contribution in [2.75, 3.05) is 0 Å². The lowest BCUT2D eigenvalue weighted by Gasteiger charge is -2.09. The van der Waals surface area contributed by atoms with E-state index in [4.69, 9.17) is 9.47 Å². The summed E-state index contributed by atoms with van der Waals surface area (Å²) in [5.41, 5.74) is 4.04. The van der Waals surface area contributed by atoms with Crippen LogP contribution in [0.15, 0.2) is 59.7 Å². The van der Waals surface area contributed by atoms with Crippen LogP contribution in [0.1, 0.15) is 31.9 Å². The number of hydrogen-bond donors (Lipinski definition) is 0. The molecule has 1 aliphatic rings. The predicted octanol–water partition coefficient (Wildman–Crippen LogP) is 5.56. The maximum absolute atomic E-state index is 12.5. The normalized spacial score (nSPS) is 14.4. The van der Waals surface area contributed by atoms with Gasteiger partial charge in [0.2, 0.25) is 5.78 Å². The second kappa shape index (κ2) is 6.81. The van der Waals surface area contributed by atoms with E-state index in [1.54, 1.807) is 23.5 Å². The maximum Gasteiger partial charge on any atom is 0.232 e. The number of Topliss-reactive ketones (excluding diaryl/α,β-unsaturated/α-hetero) is 1. The summed E-state index contributed by atoms with van der Waals surface area (Å²) in [6.07, 6.45) is 1.82. The van der Waals surface area contributed by atoms with E-state index in [1.165, 1.54) is 5.56 Å². The van der Waals surface area contributed by atoms with Crippen molar-refractivity contribution >= 4 is 23.2 Å². The molecule has 3 nitrogen and oxygen atoms in total. The summed E-state index contributed by atoms with van der Waals surface area (Å²) in [7, 11) is 0. The highest BCUT2D eigenvalue weighted by Gasteiger charge is 2.28. The van der Waals surface area contributed by atoms with Gasteiger partial charge in [-0.3, -0.25) is 4.79 Å². The standard InChI is InChI=1S/C22H18O3S/c1-14-5-3-4-6-16(14)13-24-17-7-8-18-19(11-17)25-20(22(18)23)12-21-15(2)9-10-26-21/h3-12H,13H2,1-2H3/b20-12+. The first kappa shape index (κ1) is 16.6. The fourth-order valence-corrected chi connectivity index (χ4v) is 3.69. The molecule has 26 heavy (non-hydrogen) atoms. The van der Waals surface area contributed by atoms with Gasteiger partial charge in [0.15, 0.2) is 5.76 Å². The fraction of sp³-hybridized carbons (Fsp3) is 0.136. The lowest BCUT2D eigenvalue weighted by molar-refractivity contribution is 0.101. The van der Waals surface area contributed by atoms with Gasteiger partial charge in [-0.2, -0.15) is 0 Å². The molecule has 0 saturated heterocycles. The number of ether oxygens (including phenoxy) is 2. The molecule has 1 aliphatic heterocycles. The highest BCUT2D eigenvalue weighted by molar-refractivity contribution is 7.11. The van der Waals surface area contributed by atoms with Gasteiger partial charge in [-0.15, -0.1) is 11.3 Å². The number of ketones is 1. The Morgan fingerprint density at radius 2 is 1.92 bits per heavy atom. The topological polar surface area (TPSA) is 35.5 Å². The molecule has 0 N–H and O–H groups in total. The molecular weight excluding hydrogens is 344 g/mol. The minimum atomic E-state index is -0.0850. The Morgan fingerprint density at radius 3 is 2.69 bits per heavy atom. The number of aryl methyl sites for hydroxylation is 2. The van der Waals surface area contributed by atoms with Gasteiger partial charge in [-0.05, 0) is 54.1 Å². The molecule has 0 bridgehead atoms. The number of carbonyl (C=O) groups excluding carboxylic acids is 1. The van der Waals surface area contributed by atoms with E-state index in [0.717, 1.165) is 16.0 Å². The molecule has 130 valence electrons. The molecule has 0 fully saturated rings. The monoisotopic (exact) mass is 362 g/mol. The Bertz CT molecular complexity index is 1010. The summed E-state index contributed by atoms with van der Waals surface area (Å²) in [4.78, 5) is 13.6. The number of thiophene rings is 1. The summed E-state index contributed by atoms with van der Waals surface area (Å²) >= 11 is 1.59. The van der Waals surface area contributed by atoms with Crippen LogP contribution in [0.5, 0.6) is 11.5 Å². The Hall–Kier alpha value is -2.85. The van der Waals surface area contributed by atoms with Gasteiger partial charge >= 0.3 is 0 Å². The molecule has 2 heterocycles. The maximum atomic E-state index is 12.5. The number of allylic oxidation sites excluding steroid dienone is 1. The fourth-order valence-electron chi connectivity index (χ4n) is 2.84. The highest BCUT2D eigenvalue weighted by atomic mass is 32.1. The first-order chi connectivity index (χ1) is 12.6. The first-order valence-corrected chi connectivity index (χ1v) is 9.29. The van der Waals surface area contributed by atoms with Gasteiger partial charge in [0.1, 0.15) is 18.1 Å². The second-order valence-electron chi connectivity index (χ2n) is 6.28. The van der Waals surface area contributed by atoms with Crippen LogP contribution in [0.4, 0.5) is 0 Å². The Labute approximate surface area is 156 Å². The molecule has 0 amide bonds. The second-order valence-corrected chi connectivity index (χ2v) is 7.23. The van der Waals surface area contributed by atoms with Crippen molar-refractivity contribution < 1.29 is 14.3 Å². The lowest BCUT2D eigenvalue weighted by atomic mass is 10.1. The number of hydrogen-bond acceptors (Lipinski definition) is 4. The third kappa shape index (κ3) is 3.16. The van der Waals surface area contributed by atoms with Gasteiger partial charge in [-0.1, -0.05) is 24.3 Å². The van der Waals surface area contributed by atoms with Crippen LogP contribution in [0.3, 0.4) is 0 Å². The van der Waals surface area contributed by atoms with Crippen LogP contribution in [0.2, 0.25) is 0 Å². The third-order valence-electron chi connectivity index (χ3n) is 4.46. The van der Waals surface area contributed by atoms with Crippen molar-refractivity contribution in [2.24, 2.45) is 0 Å². The van der Waals surface area contributed by atoms with E-state index in [-0.39, 0.29) is 5.78 Å². The van der Waals surface area contributed by atoms with Crippen molar-refractivity contribution in [3.8, 4) is 11.5 Å². The molecule has 0 spiro atoms. The molecule has 0 unspecified atom stereocenters. The summed E-state index contributed by atoms with van der Waals surface area (Å²) in [5, 5.41) is 2.01. The summed E-state index contributed by atoms with van der Waals surface area (Å²) in [6, 6.07) is 15.5. The summed E-state index contributed by atoms with van der Waals surface area (Å²) < 4.78 is 11.7. The predicted molar refractivity (Wildman–Crippen MR) is 104 cm³/mol. The van der Waals surface area contributed by atoms with Crippen LogP contribution in [0.25, 0.3) is 6.08 Å². The van der Waals surface area contributed by atoms with Gasteiger partial charge in [0.05, 0.1) is 5.56 Å². The first-order valence-electron chi connectivity index (χ1n) is 8.41. The number of carbonyl (C=O) groups is 1. The van der Waals surface area contributed by atoms with Gasteiger partial charge in [0, 0.05) is 17.0 Å². The molecule has 4 heteroatoms. The minimum absolute atomic E-state index is 0.0850. The van der Waals surface area contributed by atoms with Crippen LogP contribution in [-0.4, -0.2) is 5.78 Å². The minimum Gasteiger partial charge on any atom is -0.489 e. The molecule has 0 atom stereocenters. The Morgan fingerprint density at radius 1 is 1.08 bits per heavy atom. The highest BCUT2D eigenvalue weighted by Crippen LogP contribution is 2.35. The van der Waals surface area contributed by atoms with Crippen molar-refractivity contribution in [3.05, 3.63) is 86.8 Å². The number of rotatable bonds is 4. The smallest absolute Gasteiger partial charge is 0.232 e. The van der Waals surface area contributed by atoms with Crippen molar-refractivity contribution in [3.63, 3.8) is 0 Å². The van der Waals surface area contributed by atoms with E-state index in [0.29, 0.717) is 29.4 Å². The van der Waals surface area contributed by atoms with E-state index >= 15 is 0 Å². The van der Waals surface area contributed by atoms with E-state index in [2.05, 4.69) is 13.0 Å². The average molecular weight is 362 g/mol. The molecule has 0 aliphatic carbocycles. The lowest BCUT2D eigenvalue weighted by Crippen LogP contribution is -1.98. The number of fused-ring (bicyclic) bond motifs is 1. The SMILES string of the molecule is Cc1ccccc1COc1ccc2c(c1)O/C(=C/c1sccc1C)C2=O. The summed E-state index contributed by atoms with van der Waals surface area (Å²) in [6.45, 7) is 4.57. The molecular formula is C22H18O3S. The molecule has 4 rings (SSSR count). The molecule has 1 aromatic heterocycles. The Balaban J connectivity index is 1.53. The van der Waals surface area contributed by atoms with Crippen molar-refractivity contribution in [1.82, 2.24) is 0 Å². The van der Waals surface area contributed by atoms with Crippen LogP contribution >= 0.6 is 11.3 Å². The van der Waals surface area contributed by atoms with Crippen LogP contribution < -0.4 is 9.47 Å². The molecule has 0 radical (unpaired) electrons. The molecule has 0 saturated carbocycles.